The van der Waals surface area contributed by atoms with Crippen LogP contribution in [0.5, 0.6) is 5.75 Å². The van der Waals surface area contributed by atoms with Crippen LogP contribution in [0.15, 0.2) is 29.3 Å². The smallest absolute Gasteiger partial charge is 0.416 e. The molecule has 1 unspecified atom stereocenters. The predicted octanol–water partition coefficient (Wildman–Crippen LogP) is 4.43. The van der Waals surface area contributed by atoms with Crippen LogP contribution in [0.4, 0.5) is 19.0 Å². The molecule has 0 spiro atoms. The van der Waals surface area contributed by atoms with Crippen molar-refractivity contribution in [2.24, 2.45) is 10.9 Å². The summed E-state index contributed by atoms with van der Waals surface area (Å²) in [4.78, 5) is 22.7. The number of phenolic OH excluding ortho intramolecular Hbond substituents is 1. The third-order valence-corrected chi connectivity index (χ3v) is 5.46. The van der Waals surface area contributed by atoms with Crippen molar-refractivity contribution < 1.29 is 23.1 Å². The lowest BCUT2D eigenvalue weighted by Gasteiger charge is -2.32. The SMILES string of the molecule is Cc1cc(C(F)(F)F)cc(O)c1-c1ccc(C=NCC2CC(=O)N(C(C)(C)C)C2)c(N)n1. The molecule has 172 valence electrons. The van der Waals surface area contributed by atoms with Gasteiger partial charge in [0, 0.05) is 48.3 Å². The molecular weight excluding hydrogens is 421 g/mol. The number of nitrogens with two attached hydrogens (primary N) is 1. The molecule has 0 radical (unpaired) electrons. The number of carbonyl (C=O) groups excluding carboxylic acids is 1. The van der Waals surface area contributed by atoms with E-state index in [9.17, 15) is 23.1 Å². The molecule has 3 rings (SSSR count). The van der Waals surface area contributed by atoms with Crippen molar-refractivity contribution in [1.82, 2.24) is 9.88 Å². The Morgan fingerprint density at radius 1 is 1.28 bits per heavy atom. The fourth-order valence-corrected chi connectivity index (χ4v) is 3.85. The van der Waals surface area contributed by atoms with Gasteiger partial charge in [-0.1, -0.05) is 0 Å². The number of nitrogen functional groups attached to an aromatic ring is 1. The molecule has 0 aliphatic carbocycles. The van der Waals surface area contributed by atoms with Gasteiger partial charge < -0.3 is 15.7 Å². The van der Waals surface area contributed by atoms with Gasteiger partial charge in [0.1, 0.15) is 11.6 Å². The summed E-state index contributed by atoms with van der Waals surface area (Å²) in [6, 6.07) is 4.87. The van der Waals surface area contributed by atoms with Gasteiger partial charge in [0.05, 0.1) is 11.3 Å². The average Bonchev–Trinajstić information content (AvgIpc) is 3.03. The second-order valence-electron chi connectivity index (χ2n) is 9.10. The number of aryl methyl sites for hydroxylation is 1. The van der Waals surface area contributed by atoms with Crippen LogP contribution in [-0.4, -0.2) is 45.7 Å². The molecule has 32 heavy (non-hydrogen) atoms. The van der Waals surface area contributed by atoms with Gasteiger partial charge in [0.2, 0.25) is 5.91 Å². The molecule has 1 saturated heterocycles. The van der Waals surface area contributed by atoms with E-state index < -0.39 is 17.5 Å². The van der Waals surface area contributed by atoms with E-state index in [1.807, 2.05) is 25.7 Å². The lowest BCUT2D eigenvalue weighted by atomic mass is 10.00. The Balaban J connectivity index is 1.75. The molecule has 2 heterocycles. The average molecular weight is 448 g/mol. The summed E-state index contributed by atoms with van der Waals surface area (Å²) in [6.45, 7) is 8.60. The minimum Gasteiger partial charge on any atom is -0.507 e. The van der Waals surface area contributed by atoms with Crippen LogP contribution in [-0.2, 0) is 11.0 Å². The second kappa shape index (κ2) is 8.44. The summed E-state index contributed by atoms with van der Waals surface area (Å²) in [5, 5.41) is 10.2. The number of halogens is 3. The fraction of sp³-hybridized carbons (Fsp3) is 0.435. The van der Waals surface area contributed by atoms with Crippen molar-refractivity contribution in [2.75, 3.05) is 18.8 Å². The van der Waals surface area contributed by atoms with E-state index in [0.717, 1.165) is 6.07 Å². The molecule has 1 aliphatic rings. The topological polar surface area (TPSA) is 91.8 Å². The number of benzene rings is 1. The highest BCUT2D eigenvalue weighted by molar-refractivity contribution is 5.87. The number of aliphatic imine (C=N–C) groups is 1. The van der Waals surface area contributed by atoms with Crippen LogP contribution in [0, 0.1) is 12.8 Å². The zero-order chi connectivity index (χ0) is 23.8. The molecule has 2 aromatic rings. The number of phenols is 1. The van der Waals surface area contributed by atoms with E-state index in [1.165, 1.54) is 6.92 Å². The molecule has 1 aromatic carbocycles. The van der Waals surface area contributed by atoms with Crippen LogP contribution in [0.3, 0.4) is 0 Å². The largest absolute Gasteiger partial charge is 0.507 e. The number of alkyl halides is 3. The highest BCUT2D eigenvalue weighted by atomic mass is 19.4. The maximum absolute atomic E-state index is 12.9. The van der Waals surface area contributed by atoms with Crippen LogP contribution < -0.4 is 5.73 Å². The third-order valence-electron chi connectivity index (χ3n) is 5.46. The first kappa shape index (κ1) is 23.6. The van der Waals surface area contributed by atoms with E-state index in [1.54, 1.807) is 18.3 Å². The number of pyridine rings is 1. The molecule has 0 saturated carbocycles. The van der Waals surface area contributed by atoms with Crippen LogP contribution >= 0.6 is 0 Å². The molecule has 1 atom stereocenters. The van der Waals surface area contributed by atoms with E-state index in [0.29, 0.717) is 31.1 Å². The molecule has 1 aliphatic heterocycles. The highest BCUT2D eigenvalue weighted by Crippen LogP contribution is 2.38. The van der Waals surface area contributed by atoms with E-state index in [4.69, 9.17) is 5.73 Å². The van der Waals surface area contributed by atoms with Crippen molar-refractivity contribution in [1.29, 1.82) is 0 Å². The first-order chi connectivity index (χ1) is 14.8. The number of aromatic hydroxyl groups is 1. The van der Waals surface area contributed by atoms with Crippen LogP contribution in [0.1, 0.15) is 43.9 Å². The van der Waals surface area contributed by atoms with Crippen molar-refractivity contribution in [3.63, 3.8) is 0 Å². The summed E-state index contributed by atoms with van der Waals surface area (Å²) < 4.78 is 38.8. The van der Waals surface area contributed by atoms with Gasteiger partial charge in [-0.25, -0.2) is 4.98 Å². The van der Waals surface area contributed by atoms with Crippen molar-refractivity contribution in [2.45, 2.75) is 45.8 Å². The normalized spacial score (nSPS) is 17.5. The Kier molecular flexibility index (Phi) is 6.22. The van der Waals surface area contributed by atoms with Crippen molar-refractivity contribution in [3.05, 3.63) is 41.0 Å². The number of anilines is 1. The fourth-order valence-electron chi connectivity index (χ4n) is 3.85. The van der Waals surface area contributed by atoms with Crippen molar-refractivity contribution in [3.8, 4) is 17.0 Å². The van der Waals surface area contributed by atoms with Crippen LogP contribution in [0.25, 0.3) is 11.3 Å². The lowest BCUT2D eigenvalue weighted by Crippen LogP contribution is -2.42. The number of hydrogen-bond acceptors (Lipinski definition) is 5. The molecule has 1 aromatic heterocycles. The Morgan fingerprint density at radius 2 is 1.97 bits per heavy atom. The maximum Gasteiger partial charge on any atom is 0.416 e. The number of amides is 1. The molecule has 1 fully saturated rings. The summed E-state index contributed by atoms with van der Waals surface area (Å²) in [6.07, 6.45) is -2.52. The molecule has 6 nitrogen and oxygen atoms in total. The number of hydrogen-bond donors (Lipinski definition) is 2. The minimum atomic E-state index is -4.55. The Hall–Kier alpha value is -3.10. The van der Waals surface area contributed by atoms with Crippen LogP contribution in [0.2, 0.25) is 0 Å². The third kappa shape index (κ3) is 5.03. The number of nitrogens with zero attached hydrogens (tertiary/aromatic N) is 3. The summed E-state index contributed by atoms with van der Waals surface area (Å²) in [7, 11) is 0. The Bertz CT molecular complexity index is 1040. The summed E-state index contributed by atoms with van der Waals surface area (Å²) >= 11 is 0. The van der Waals surface area contributed by atoms with E-state index in [-0.39, 0.29) is 40.0 Å². The number of likely N-dealkylation sites (tertiary alicyclic amines) is 1. The first-order valence-corrected chi connectivity index (χ1v) is 10.3. The highest BCUT2D eigenvalue weighted by Gasteiger charge is 2.36. The Morgan fingerprint density at radius 3 is 2.50 bits per heavy atom. The first-order valence-electron chi connectivity index (χ1n) is 10.3. The van der Waals surface area contributed by atoms with Gasteiger partial charge >= 0.3 is 6.18 Å². The van der Waals surface area contributed by atoms with Gasteiger partial charge in [-0.2, -0.15) is 13.2 Å². The van der Waals surface area contributed by atoms with Gasteiger partial charge in [0.15, 0.2) is 0 Å². The standard InChI is InChI=1S/C23H27F3N4O2/c1-13-7-16(23(24,25)26)9-18(31)20(13)17-6-5-15(21(27)29-17)11-28-10-14-8-19(32)30(12-14)22(2,3)4/h5-7,9,11,14,31H,8,10,12H2,1-4H3,(H2,27,29). The molecular formula is C23H27F3N4O2. The zero-order valence-corrected chi connectivity index (χ0v) is 18.5. The van der Waals surface area contributed by atoms with Gasteiger partial charge in [0.25, 0.3) is 0 Å². The molecule has 0 bridgehead atoms. The summed E-state index contributed by atoms with van der Waals surface area (Å²) in [5.74, 6) is -0.128. The number of carbonyl (C=O) groups is 1. The quantitative estimate of drug-likeness (QED) is 0.677. The van der Waals surface area contributed by atoms with Crippen molar-refractivity contribution >= 4 is 17.9 Å². The number of rotatable bonds is 4. The van der Waals surface area contributed by atoms with Gasteiger partial charge in [-0.15, -0.1) is 0 Å². The molecule has 9 heteroatoms. The maximum atomic E-state index is 12.9. The Labute approximate surface area is 185 Å². The molecule has 1 amide bonds. The number of aromatic nitrogens is 1. The zero-order valence-electron chi connectivity index (χ0n) is 18.5. The monoisotopic (exact) mass is 448 g/mol. The lowest BCUT2D eigenvalue weighted by molar-refractivity contribution is -0.137. The van der Waals surface area contributed by atoms with Gasteiger partial charge in [-0.05, 0) is 57.5 Å². The minimum absolute atomic E-state index is 0.120. The summed E-state index contributed by atoms with van der Waals surface area (Å²) in [5.41, 5.74) is 6.13. The molecule has 3 N–H and O–H groups in total. The van der Waals surface area contributed by atoms with Gasteiger partial charge in [-0.3, -0.25) is 9.79 Å². The van der Waals surface area contributed by atoms with E-state index in [2.05, 4.69) is 9.98 Å². The second-order valence-corrected chi connectivity index (χ2v) is 9.10. The van der Waals surface area contributed by atoms with E-state index >= 15 is 0 Å². The predicted molar refractivity (Wildman–Crippen MR) is 118 cm³/mol.